The molecule has 0 radical (unpaired) electrons. The number of allylic oxidation sites excluding steroid dienone is 1. The van der Waals surface area contributed by atoms with Gasteiger partial charge in [-0.15, -0.1) is 0 Å². The lowest BCUT2D eigenvalue weighted by molar-refractivity contribution is -0.126. The van der Waals surface area contributed by atoms with Gasteiger partial charge >= 0.3 is 0 Å². The number of ketones is 1. The molecule has 5 heteroatoms. The van der Waals surface area contributed by atoms with E-state index < -0.39 is 17.6 Å². The van der Waals surface area contributed by atoms with Gasteiger partial charge in [-0.1, -0.05) is 36.4 Å². The number of ether oxygens (including phenoxy) is 1. The van der Waals surface area contributed by atoms with Gasteiger partial charge in [0.05, 0.1) is 13.2 Å². The lowest BCUT2D eigenvalue weighted by Gasteiger charge is -2.13. The number of methoxy groups -OCH3 is 1. The summed E-state index contributed by atoms with van der Waals surface area (Å²) in [6.07, 6.45) is 2.77. The molecule has 0 aliphatic carbocycles. The number of amides is 1. The van der Waals surface area contributed by atoms with Crippen molar-refractivity contribution < 1.29 is 14.3 Å². The maximum Gasteiger partial charge on any atom is 0.249 e. The molecular formula is C21H20N2O3. The Morgan fingerprint density at radius 1 is 1.12 bits per heavy atom. The van der Waals surface area contributed by atoms with E-state index in [0.717, 1.165) is 11.1 Å². The summed E-state index contributed by atoms with van der Waals surface area (Å²) in [6.45, 7) is 3.71. The Morgan fingerprint density at radius 2 is 1.77 bits per heavy atom. The van der Waals surface area contributed by atoms with Crippen molar-refractivity contribution in [1.29, 1.82) is 5.26 Å². The molecule has 0 saturated heterocycles. The number of nitrogens with zero attached hydrogens (tertiary/aromatic N) is 1. The van der Waals surface area contributed by atoms with Crippen LogP contribution in [0.1, 0.15) is 16.7 Å². The van der Waals surface area contributed by atoms with Gasteiger partial charge in [-0.25, -0.2) is 0 Å². The summed E-state index contributed by atoms with van der Waals surface area (Å²) >= 11 is 0. The van der Waals surface area contributed by atoms with Crippen LogP contribution in [0.25, 0.3) is 6.08 Å². The predicted molar refractivity (Wildman–Crippen MR) is 101 cm³/mol. The first-order valence-electron chi connectivity index (χ1n) is 8.09. The Hall–Kier alpha value is -3.39. The van der Waals surface area contributed by atoms with Crippen LogP contribution in [0, 0.1) is 31.1 Å². The van der Waals surface area contributed by atoms with Crippen LogP contribution in [-0.2, 0) is 9.59 Å². The predicted octanol–water partition coefficient (Wildman–Crippen LogP) is 3.67. The van der Waals surface area contributed by atoms with Gasteiger partial charge in [-0.3, -0.25) is 9.59 Å². The Morgan fingerprint density at radius 3 is 2.38 bits per heavy atom. The van der Waals surface area contributed by atoms with E-state index in [1.807, 2.05) is 44.2 Å². The number of nitriles is 1. The SMILES string of the molecule is COc1ccccc1/C=C/C(=O)C(C#N)C(=O)Nc1c(C)cccc1C. The number of aryl methyl sites for hydroxylation is 2. The van der Waals surface area contributed by atoms with E-state index in [1.54, 1.807) is 18.2 Å². The van der Waals surface area contributed by atoms with Gasteiger partial charge < -0.3 is 10.1 Å². The zero-order valence-electron chi connectivity index (χ0n) is 14.9. The number of benzene rings is 2. The number of para-hydroxylation sites is 2. The van der Waals surface area contributed by atoms with Crippen LogP contribution < -0.4 is 10.1 Å². The zero-order chi connectivity index (χ0) is 19.1. The molecule has 0 aliphatic heterocycles. The third kappa shape index (κ3) is 4.37. The summed E-state index contributed by atoms with van der Waals surface area (Å²) in [4.78, 5) is 24.7. The quantitative estimate of drug-likeness (QED) is 0.638. The van der Waals surface area contributed by atoms with Crippen molar-refractivity contribution in [3.8, 4) is 11.8 Å². The van der Waals surface area contributed by atoms with Gasteiger partial charge in [0.15, 0.2) is 11.7 Å². The molecule has 0 fully saturated rings. The Balaban J connectivity index is 2.17. The number of nitrogens with one attached hydrogen (secondary N) is 1. The Bertz CT molecular complexity index is 874. The first-order valence-corrected chi connectivity index (χ1v) is 8.09. The van der Waals surface area contributed by atoms with Gasteiger partial charge in [-0.2, -0.15) is 5.26 Å². The minimum atomic E-state index is -1.42. The first kappa shape index (κ1) is 18.9. The standard InChI is InChI=1S/C21H20N2O3/c1-14-7-6-8-15(2)20(14)23-21(25)17(13-22)18(24)12-11-16-9-4-5-10-19(16)26-3/h4-12,17H,1-3H3,(H,23,25)/b12-11+. The van der Waals surface area contributed by atoms with E-state index in [1.165, 1.54) is 19.3 Å². The molecule has 0 heterocycles. The molecule has 1 N–H and O–H groups in total. The van der Waals surface area contributed by atoms with Gasteiger partial charge in [0, 0.05) is 11.3 Å². The van der Waals surface area contributed by atoms with Gasteiger partial charge in [0.25, 0.3) is 0 Å². The highest BCUT2D eigenvalue weighted by atomic mass is 16.5. The molecule has 2 aromatic rings. The third-order valence-electron chi connectivity index (χ3n) is 3.97. The van der Waals surface area contributed by atoms with E-state index in [2.05, 4.69) is 5.32 Å². The molecule has 26 heavy (non-hydrogen) atoms. The average molecular weight is 348 g/mol. The summed E-state index contributed by atoms with van der Waals surface area (Å²) < 4.78 is 5.21. The van der Waals surface area contributed by atoms with Crippen molar-refractivity contribution in [2.24, 2.45) is 5.92 Å². The molecule has 1 amide bonds. The fraction of sp³-hybridized carbons (Fsp3) is 0.190. The topological polar surface area (TPSA) is 79.2 Å². The summed E-state index contributed by atoms with van der Waals surface area (Å²) in [5.41, 5.74) is 3.05. The molecule has 0 bridgehead atoms. The fourth-order valence-corrected chi connectivity index (χ4v) is 2.53. The van der Waals surface area contributed by atoms with E-state index in [4.69, 9.17) is 4.74 Å². The number of hydrogen-bond acceptors (Lipinski definition) is 4. The number of hydrogen-bond donors (Lipinski definition) is 1. The summed E-state index contributed by atoms with van der Waals surface area (Å²) in [6, 6.07) is 14.5. The summed E-state index contributed by atoms with van der Waals surface area (Å²) in [7, 11) is 1.53. The lowest BCUT2D eigenvalue weighted by Crippen LogP contribution is -2.28. The van der Waals surface area contributed by atoms with Crippen molar-refractivity contribution in [3.05, 3.63) is 65.2 Å². The smallest absolute Gasteiger partial charge is 0.249 e. The lowest BCUT2D eigenvalue weighted by atomic mass is 10.0. The molecule has 0 aliphatic rings. The number of anilines is 1. The van der Waals surface area contributed by atoms with Crippen LogP contribution >= 0.6 is 0 Å². The van der Waals surface area contributed by atoms with Crippen LogP contribution in [-0.4, -0.2) is 18.8 Å². The molecule has 0 spiro atoms. The maximum absolute atomic E-state index is 12.4. The molecule has 5 nitrogen and oxygen atoms in total. The van der Waals surface area contributed by atoms with Crippen molar-refractivity contribution >= 4 is 23.5 Å². The van der Waals surface area contributed by atoms with Crippen LogP contribution in [0.2, 0.25) is 0 Å². The van der Waals surface area contributed by atoms with E-state index >= 15 is 0 Å². The Kier molecular flexibility index (Phi) is 6.29. The monoisotopic (exact) mass is 348 g/mol. The van der Waals surface area contributed by atoms with E-state index in [9.17, 15) is 14.9 Å². The third-order valence-corrected chi connectivity index (χ3v) is 3.97. The van der Waals surface area contributed by atoms with Crippen molar-refractivity contribution in [3.63, 3.8) is 0 Å². The molecule has 2 rings (SSSR count). The molecular weight excluding hydrogens is 328 g/mol. The molecule has 1 unspecified atom stereocenters. The molecule has 0 aromatic heterocycles. The van der Waals surface area contributed by atoms with Crippen molar-refractivity contribution in [2.45, 2.75) is 13.8 Å². The first-order chi connectivity index (χ1) is 12.5. The van der Waals surface area contributed by atoms with Crippen LogP contribution in [0.15, 0.2) is 48.5 Å². The second kappa shape index (κ2) is 8.63. The van der Waals surface area contributed by atoms with Crippen LogP contribution in [0.3, 0.4) is 0 Å². The number of carbonyl (C=O) groups is 2. The molecule has 1 atom stereocenters. The highest BCUT2D eigenvalue weighted by Gasteiger charge is 2.25. The van der Waals surface area contributed by atoms with E-state index in [0.29, 0.717) is 17.0 Å². The maximum atomic E-state index is 12.4. The van der Waals surface area contributed by atoms with Crippen LogP contribution in [0.4, 0.5) is 5.69 Å². The van der Waals surface area contributed by atoms with Crippen molar-refractivity contribution in [2.75, 3.05) is 12.4 Å². The van der Waals surface area contributed by atoms with Gasteiger partial charge in [0.1, 0.15) is 5.75 Å². The van der Waals surface area contributed by atoms with Gasteiger partial charge in [0.2, 0.25) is 5.91 Å². The highest BCUT2D eigenvalue weighted by Crippen LogP contribution is 2.21. The average Bonchev–Trinajstić information content (AvgIpc) is 2.64. The normalized spacial score (nSPS) is 11.6. The van der Waals surface area contributed by atoms with Gasteiger partial charge in [-0.05, 0) is 43.2 Å². The van der Waals surface area contributed by atoms with E-state index in [-0.39, 0.29) is 0 Å². The second-order valence-electron chi connectivity index (χ2n) is 5.80. The second-order valence-corrected chi connectivity index (χ2v) is 5.80. The van der Waals surface area contributed by atoms with Crippen LogP contribution in [0.5, 0.6) is 5.75 Å². The number of carbonyl (C=O) groups excluding carboxylic acids is 2. The zero-order valence-corrected chi connectivity index (χ0v) is 14.9. The summed E-state index contributed by atoms with van der Waals surface area (Å²) in [5, 5.41) is 12.0. The minimum Gasteiger partial charge on any atom is -0.496 e. The summed E-state index contributed by atoms with van der Waals surface area (Å²) in [5.74, 6) is -2.04. The highest BCUT2D eigenvalue weighted by molar-refractivity contribution is 6.14. The largest absolute Gasteiger partial charge is 0.496 e. The molecule has 2 aromatic carbocycles. The minimum absolute atomic E-state index is 0.581. The Labute approximate surface area is 152 Å². The van der Waals surface area contributed by atoms with Crippen molar-refractivity contribution in [1.82, 2.24) is 0 Å². The fourth-order valence-electron chi connectivity index (χ4n) is 2.53. The number of rotatable bonds is 6. The molecule has 132 valence electrons. The molecule has 0 saturated carbocycles.